The summed E-state index contributed by atoms with van der Waals surface area (Å²) in [6.07, 6.45) is 4.68. The predicted molar refractivity (Wildman–Crippen MR) is 51.3 cm³/mol. The summed E-state index contributed by atoms with van der Waals surface area (Å²) in [4.78, 5) is 0. The summed E-state index contributed by atoms with van der Waals surface area (Å²) in [5, 5.41) is 6.25. The zero-order valence-corrected chi connectivity index (χ0v) is 8.33. The molecule has 0 N–H and O–H groups in total. The highest BCUT2D eigenvalue weighted by molar-refractivity contribution is 4.93. The van der Waals surface area contributed by atoms with Gasteiger partial charge in [-0.05, 0) is 0 Å². The van der Waals surface area contributed by atoms with Gasteiger partial charge >= 0.3 is 0 Å². The summed E-state index contributed by atoms with van der Waals surface area (Å²) >= 11 is 0. The summed E-state index contributed by atoms with van der Waals surface area (Å²) in [5.41, 5.74) is 1.35. The van der Waals surface area contributed by atoms with Gasteiger partial charge in [0.2, 0.25) is 0 Å². The fourth-order valence-corrected chi connectivity index (χ4v) is 1.14. The lowest BCUT2D eigenvalue weighted by Crippen LogP contribution is -2.36. The predicted octanol–water partition coefficient (Wildman–Crippen LogP) is 2.18. The number of aromatic nitrogens is 1. The van der Waals surface area contributed by atoms with Crippen LogP contribution in [0, 0.1) is 18.8 Å². The van der Waals surface area contributed by atoms with Crippen molar-refractivity contribution < 1.29 is 4.57 Å². The largest absolute Gasteiger partial charge is 0.512 e. The van der Waals surface area contributed by atoms with Gasteiger partial charge in [0.25, 0.3) is 0 Å². The van der Waals surface area contributed by atoms with Crippen molar-refractivity contribution in [2.24, 2.45) is 0 Å². The minimum absolute atomic E-state index is 1.16. The van der Waals surface area contributed by atoms with Gasteiger partial charge in [0, 0.05) is 25.5 Å². The van der Waals surface area contributed by atoms with Crippen molar-refractivity contribution >= 4 is 0 Å². The van der Waals surface area contributed by atoms with E-state index in [2.05, 4.69) is 42.8 Å². The van der Waals surface area contributed by atoms with E-state index < -0.39 is 0 Å². The van der Waals surface area contributed by atoms with Crippen molar-refractivity contribution in [2.45, 2.75) is 33.2 Å². The van der Waals surface area contributed by atoms with Crippen LogP contribution in [-0.2, 0) is 6.54 Å². The number of nitrogens with zero attached hydrogens (tertiary/aromatic N) is 2. The van der Waals surface area contributed by atoms with Crippen molar-refractivity contribution in [1.29, 1.82) is 5.26 Å². The molecule has 0 radical (unpaired) electrons. The van der Waals surface area contributed by atoms with Crippen LogP contribution in [0.4, 0.5) is 0 Å². The van der Waals surface area contributed by atoms with Crippen LogP contribution in [-0.4, -0.2) is 0 Å². The number of rotatable bonds is 3. The van der Waals surface area contributed by atoms with Crippen LogP contribution < -0.4 is 4.57 Å². The first kappa shape index (κ1) is 11.6. The Kier molecular flexibility index (Phi) is 6.53. The Morgan fingerprint density at radius 1 is 1.38 bits per heavy atom. The third kappa shape index (κ3) is 4.27. The van der Waals surface area contributed by atoms with Gasteiger partial charge in [-0.15, -0.1) is 0 Å². The molecule has 0 aliphatic rings. The lowest BCUT2D eigenvalue weighted by atomic mass is 10.3. The molecule has 0 aliphatic heterocycles. The quantitative estimate of drug-likeness (QED) is 0.512. The van der Waals surface area contributed by atoms with Crippen molar-refractivity contribution in [3.63, 3.8) is 0 Å². The van der Waals surface area contributed by atoms with Crippen LogP contribution >= 0.6 is 0 Å². The first-order valence-corrected chi connectivity index (χ1v) is 4.52. The maximum absolute atomic E-state index is 6.25. The molecule has 0 saturated carbocycles. The Balaban J connectivity index is 0.000000671. The van der Waals surface area contributed by atoms with Gasteiger partial charge < -0.3 is 11.8 Å². The fraction of sp³-hybridized carbons (Fsp3) is 0.455. The molecule has 0 bridgehead atoms. The Morgan fingerprint density at radius 2 is 2.08 bits per heavy atom. The minimum Gasteiger partial charge on any atom is -0.512 e. The van der Waals surface area contributed by atoms with E-state index in [1.807, 2.05) is 0 Å². The highest BCUT2D eigenvalue weighted by Crippen LogP contribution is 1.91. The van der Waals surface area contributed by atoms with Crippen LogP contribution in [0.5, 0.6) is 0 Å². The van der Waals surface area contributed by atoms with Gasteiger partial charge in [-0.2, -0.15) is 0 Å². The second-order valence-electron chi connectivity index (χ2n) is 2.89. The minimum atomic E-state index is 1.16. The number of hydrogen-bond acceptors (Lipinski definition) is 1. The maximum Gasteiger partial charge on any atom is 0.178 e. The Hall–Kier alpha value is -1.36. The van der Waals surface area contributed by atoms with Gasteiger partial charge in [0.05, 0.1) is 0 Å². The summed E-state index contributed by atoms with van der Waals surface area (Å²) in [7, 11) is 0. The van der Waals surface area contributed by atoms with E-state index in [1.165, 1.54) is 18.5 Å². The topological polar surface area (TPSA) is 27.7 Å². The third-order valence-corrected chi connectivity index (χ3v) is 1.92. The molecule has 0 unspecified atom stereocenters. The number of hydrogen-bond donors (Lipinski definition) is 0. The standard InChI is InChI=1S/C10H16N.CN/c1-3-4-8-11-9-6-5-7-10(11)2;1-2/h5-7,9H,3-4,8H2,1-2H3;/q+1;-1. The molecule has 0 aliphatic carbocycles. The summed E-state index contributed by atoms with van der Waals surface area (Å²) in [5.74, 6) is 0. The molecule has 1 aromatic rings. The summed E-state index contributed by atoms with van der Waals surface area (Å²) in [6, 6.07) is 6.32. The van der Waals surface area contributed by atoms with Gasteiger partial charge in [-0.3, -0.25) is 0 Å². The van der Waals surface area contributed by atoms with E-state index in [-0.39, 0.29) is 0 Å². The monoisotopic (exact) mass is 176 g/mol. The first-order chi connectivity index (χ1) is 6.34. The lowest BCUT2D eigenvalue weighted by Gasteiger charge is -1.97. The molecule has 2 heteroatoms. The molecule has 1 aromatic heterocycles. The van der Waals surface area contributed by atoms with E-state index in [1.54, 1.807) is 0 Å². The normalized spacial score (nSPS) is 8.62. The molecule has 0 amide bonds. The van der Waals surface area contributed by atoms with Crippen molar-refractivity contribution in [3.05, 3.63) is 36.7 Å². The van der Waals surface area contributed by atoms with E-state index in [0.717, 1.165) is 6.54 Å². The second kappa shape index (κ2) is 7.30. The molecule has 0 atom stereocenters. The van der Waals surface area contributed by atoms with Gasteiger partial charge in [-0.1, -0.05) is 19.4 Å². The zero-order valence-electron chi connectivity index (χ0n) is 8.33. The Morgan fingerprint density at radius 3 is 2.62 bits per heavy atom. The fourth-order valence-electron chi connectivity index (χ4n) is 1.14. The second-order valence-corrected chi connectivity index (χ2v) is 2.89. The molecule has 70 valence electrons. The van der Waals surface area contributed by atoms with Crippen LogP contribution in [0.15, 0.2) is 24.4 Å². The van der Waals surface area contributed by atoms with E-state index in [9.17, 15) is 0 Å². The SMILES string of the molecule is CCCC[n+]1ccccc1C.[C-]#N. The van der Waals surface area contributed by atoms with E-state index in [0.29, 0.717) is 0 Å². The molecule has 13 heavy (non-hydrogen) atoms. The van der Waals surface area contributed by atoms with Crippen molar-refractivity contribution in [2.75, 3.05) is 0 Å². The highest BCUT2D eigenvalue weighted by atomic mass is 14.9. The number of unbranched alkanes of at least 4 members (excludes halogenated alkanes) is 1. The van der Waals surface area contributed by atoms with Crippen LogP contribution in [0.1, 0.15) is 25.5 Å². The molecule has 0 spiro atoms. The summed E-state index contributed by atoms with van der Waals surface area (Å²) < 4.78 is 2.30. The molecule has 0 saturated heterocycles. The molecule has 1 heterocycles. The molecule has 0 fully saturated rings. The first-order valence-electron chi connectivity index (χ1n) is 4.52. The molecule has 2 nitrogen and oxygen atoms in total. The Bertz CT molecular complexity index is 253. The molecular weight excluding hydrogens is 160 g/mol. The van der Waals surface area contributed by atoms with Crippen LogP contribution in [0.3, 0.4) is 0 Å². The average Bonchev–Trinajstić information content (AvgIpc) is 2.20. The van der Waals surface area contributed by atoms with E-state index in [4.69, 9.17) is 11.8 Å². The van der Waals surface area contributed by atoms with Crippen molar-refractivity contribution in [3.8, 4) is 0 Å². The van der Waals surface area contributed by atoms with E-state index >= 15 is 0 Å². The third-order valence-electron chi connectivity index (χ3n) is 1.92. The molecule has 0 aromatic carbocycles. The summed E-state index contributed by atoms with van der Waals surface area (Å²) in [6.45, 7) is 10.3. The Labute approximate surface area is 80.4 Å². The van der Waals surface area contributed by atoms with Gasteiger partial charge in [0.15, 0.2) is 11.9 Å². The molecular formula is C11H16N2. The maximum atomic E-state index is 6.25. The van der Waals surface area contributed by atoms with Crippen LogP contribution in [0.2, 0.25) is 0 Å². The number of aryl methyl sites for hydroxylation is 2. The van der Waals surface area contributed by atoms with Gasteiger partial charge in [-0.25, -0.2) is 4.57 Å². The number of pyridine rings is 1. The van der Waals surface area contributed by atoms with Gasteiger partial charge in [0.1, 0.15) is 6.54 Å². The van der Waals surface area contributed by atoms with Crippen LogP contribution in [0.25, 0.3) is 0 Å². The zero-order chi connectivity index (χ0) is 10.1. The molecule has 1 rings (SSSR count). The smallest absolute Gasteiger partial charge is 0.178 e. The highest BCUT2D eigenvalue weighted by Gasteiger charge is 2.01. The van der Waals surface area contributed by atoms with Crippen molar-refractivity contribution in [1.82, 2.24) is 0 Å². The average molecular weight is 176 g/mol. The lowest BCUT2D eigenvalue weighted by molar-refractivity contribution is -0.703.